The quantitative estimate of drug-likeness (QED) is 0.116. The largest absolute Gasteiger partial charge is 0.483 e. The molecule has 4 rings (SSSR count). The van der Waals surface area contributed by atoms with Crippen molar-refractivity contribution in [1.82, 2.24) is 5.43 Å². The Morgan fingerprint density at radius 1 is 0.943 bits per heavy atom. The number of nitrogens with zero attached hydrogens (tertiary/aromatic N) is 1. The normalized spacial score (nSPS) is 10.9. The van der Waals surface area contributed by atoms with Crippen molar-refractivity contribution in [3.8, 4) is 11.5 Å². The summed E-state index contributed by atoms with van der Waals surface area (Å²) in [5, 5.41) is 6.05. The first kappa shape index (κ1) is 24.6. The summed E-state index contributed by atoms with van der Waals surface area (Å²) in [7, 11) is 0. The number of hydrogen-bond donors (Lipinski definition) is 1. The second-order valence-electron chi connectivity index (χ2n) is 7.62. The van der Waals surface area contributed by atoms with E-state index in [4.69, 9.17) is 9.47 Å². The summed E-state index contributed by atoms with van der Waals surface area (Å²) in [5.41, 5.74) is 4.43. The van der Waals surface area contributed by atoms with E-state index in [0.29, 0.717) is 22.6 Å². The zero-order valence-corrected chi connectivity index (χ0v) is 21.8. The van der Waals surface area contributed by atoms with Crippen LogP contribution in [0.3, 0.4) is 0 Å². The maximum absolute atomic E-state index is 12.5. The van der Waals surface area contributed by atoms with E-state index in [1.807, 2.05) is 49.4 Å². The molecular weight excluding hydrogens is 576 g/mol. The maximum atomic E-state index is 12.5. The summed E-state index contributed by atoms with van der Waals surface area (Å²) in [6, 6.07) is 23.8. The van der Waals surface area contributed by atoms with E-state index in [9.17, 15) is 9.59 Å². The summed E-state index contributed by atoms with van der Waals surface area (Å²) in [6.45, 7) is 1.72. The van der Waals surface area contributed by atoms with Gasteiger partial charge in [0, 0.05) is 10.0 Å². The number of carbonyl (C=O) groups is 2. The molecule has 0 aliphatic carbocycles. The van der Waals surface area contributed by atoms with Crippen LogP contribution in [0.2, 0.25) is 0 Å². The summed E-state index contributed by atoms with van der Waals surface area (Å²) in [4.78, 5) is 24.8. The lowest BCUT2D eigenvalue weighted by Crippen LogP contribution is -2.24. The summed E-state index contributed by atoms with van der Waals surface area (Å²) in [6.07, 6.45) is 1.41. The van der Waals surface area contributed by atoms with Crippen LogP contribution >= 0.6 is 31.9 Å². The molecule has 0 radical (unpaired) electrons. The number of carbonyl (C=O) groups excluding carboxylic acids is 2. The average molecular weight is 596 g/mol. The van der Waals surface area contributed by atoms with Crippen LogP contribution in [0.5, 0.6) is 11.5 Å². The van der Waals surface area contributed by atoms with Gasteiger partial charge in [0.25, 0.3) is 5.91 Å². The van der Waals surface area contributed by atoms with Crippen LogP contribution in [0, 0.1) is 6.92 Å². The van der Waals surface area contributed by atoms with Crippen LogP contribution in [-0.4, -0.2) is 24.7 Å². The van der Waals surface area contributed by atoms with E-state index in [1.165, 1.54) is 6.21 Å². The SMILES string of the molecule is Cc1ccc(C(=O)Oc2ccc(Br)cc2C=NNC(=O)COc2ccc3ccccc3c2Br)cc1. The number of fused-ring (bicyclic) bond motifs is 1. The number of rotatable bonds is 7. The lowest BCUT2D eigenvalue weighted by Gasteiger charge is -2.10. The fraction of sp³-hybridized carbons (Fsp3) is 0.0741. The van der Waals surface area contributed by atoms with E-state index in [1.54, 1.807) is 36.4 Å². The molecule has 176 valence electrons. The van der Waals surface area contributed by atoms with Gasteiger partial charge in [0.1, 0.15) is 11.5 Å². The molecule has 4 aromatic carbocycles. The van der Waals surface area contributed by atoms with Gasteiger partial charge >= 0.3 is 5.97 Å². The topological polar surface area (TPSA) is 77.0 Å². The second kappa shape index (κ2) is 11.3. The van der Waals surface area contributed by atoms with Crippen molar-refractivity contribution >= 4 is 60.7 Å². The third kappa shape index (κ3) is 6.35. The number of nitrogens with one attached hydrogen (secondary N) is 1. The number of hydrazone groups is 1. The number of aryl methyl sites for hydroxylation is 1. The fourth-order valence-corrected chi connectivity index (χ4v) is 4.22. The second-order valence-corrected chi connectivity index (χ2v) is 9.33. The predicted molar refractivity (Wildman–Crippen MR) is 143 cm³/mol. The Morgan fingerprint density at radius 3 is 2.49 bits per heavy atom. The lowest BCUT2D eigenvalue weighted by molar-refractivity contribution is -0.123. The van der Waals surface area contributed by atoms with E-state index >= 15 is 0 Å². The highest BCUT2D eigenvalue weighted by Gasteiger charge is 2.12. The van der Waals surface area contributed by atoms with Gasteiger partial charge < -0.3 is 9.47 Å². The molecule has 0 bridgehead atoms. The average Bonchev–Trinajstić information content (AvgIpc) is 2.85. The van der Waals surface area contributed by atoms with Crippen LogP contribution < -0.4 is 14.9 Å². The van der Waals surface area contributed by atoms with E-state index in [2.05, 4.69) is 42.4 Å². The van der Waals surface area contributed by atoms with Gasteiger partial charge in [-0.25, -0.2) is 10.2 Å². The third-order valence-corrected chi connectivity index (χ3v) is 6.35. The van der Waals surface area contributed by atoms with Crippen molar-refractivity contribution in [2.75, 3.05) is 6.61 Å². The van der Waals surface area contributed by atoms with Crippen LogP contribution in [0.1, 0.15) is 21.5 Å². The standard InChI is InChI=1S/C27H20Br2N2O4/c1-17-6-8-19(9-7-17)27(33)35-23-13-11-21(28)14-20(23)15-30-31-25(32)16-34-24-12-10-18-4-2-3-5-22(18)26(24)29/h2-15H,16H2,1H3,(H,31,32). The molecule has 0 aliphatic heterocycles. The maximum Gasteiger partial charge on any atom is 0.343 e. The summed E-state index contributed by atoms with van der Waals surface area (Å²) < 4.78 is 12.7. The predicted octanol–water partition coefficient (Wildman–Crippen LogP) is 6.42. The van der Waals surface area contributed by atoms with Gasteiger partial charge in [0.05, 0.1) is 16.3 Å². The number of halogens is 2. The lowest BCUT2D eigenvalue weighted by atomic mass is 10.1. The van der Waals surface area contributed by atoms with Gasteiger partial charge in [-0.1, -0.05) is 64.0 Å². The van der Waals surface area contributed by atoms with Gasteiger partial charge in [0.15, 0.2) is 6.61 Å². The molecule has 0 saturated carbocycles. The molecule has 0 heterocycles. The number of amides is 1. The minimum atomic E-state index is -0.486. The van der Waals surface area contributed by atoms with Crippen molar-refractivity contribution in [1.29, 1.82) is 0 Å². The molecule has 0 fully saturated rings. The summed E-state index contributed by atoms with van der Waals surface area (Å²) in [5.74, 6) is -0.0527. The molecule has 0 aromatic heterocycles. The number of benzene rings is 4. The summed E-state index contributed by atoms with van der Waals surface area (Å²) >= 11 is 6.93. The van der Waals surface area contributed by atoms with Gasteiger partial charge in [-0.15, -0.1) is 0 Å². The third-order valence-electron chi connectivity index (χ3n) is 5.04. The van der Waals surface area contributed by atoms with Crippen molar-refractivity contribution in [3.63, 3.8) is 0 Å². The first-order chi connectivity index (χ1) is 16.9. The molecule has 1 N–H and O–H groups in total. The first-order valence-electron chi connectivity index (χ1n) is 10.6. The molecule has 0 spiro atoms. The van der Waals surface area contributed by atoms with E-state index < -0.39 is 11.9 Å². The first-order valence-corrected chi connectivity index (χ1v) is 12.2. The Hall–Kier alpha value is -3.49. The zero-order chi connectivity index (χ0) is 24.8. The Kier molecular flexibility index (Phi) is 7.94. The smallest absolute Gasteiger partial charge is 0.343 e. The zero-order valence-electron chi connectivity index (χ0n) is 18.6. The van der Waals surface area contributed by atoms with Crippen LogP contribution in [0.4, 0.5) is 0 Å². The van der Waals surface area contributed by atoms with Crippen molar-refractivity contribution in [3.05, 3.63) is 104 Å². The minimum absolute atomic E-state index is 0.220. The van der Waals surface area contributed by atoms with Crippen LogP contribution in [0.15, 0.2) is 92.9 Å². The van der Waals surface area contributed by atoms with Gasteiger partial charge in [-0.2, -0.15) is 5.10 Å². The highest BCUT2D eigenvalue weighted by atomic mass is 79.9. The van der Waals surface area contributed by atoms with Gasteiger partial charge in [0.2, 0.25) is 0 Å². The van der Waals surface area contributed by atoms with E-state index in [-0.39, 0.29) is 6.61 Å². The van der Waals surface area contributed by atoms with Gasteiger partial charge in [-0.3, -0.25) is 4.79 Å². The van der Waals surface area contributed by atoms with Crippen molar-refractivity contribution in [2.45, 2.75) is 6.92 Å². The Morgan fingerprint density at radius 2 is 1.69 bits per heavy atom. The minimum Gasteiger partial charge on any atom is -0.483 e. The number of hydrogen-bond acceptors (Lipinski definition) is 5. The number of ether oxygens (including phenoxy) is 2. The number of esters is 1. The molecule has 0 atom stereocenters. The van der Waals surface area contributed by atoms with E-state index in [0.717, 1.165) is 25.3 Å². The molecule has 1 amide bonds. The molecule has 0 aliphatic rings. The highest BCUT2D eigenvalue weighted by Crippen LogP contribution is 2.33. The fourth-order valence-electron chi connectivity index (χ4n) is 3.24. The van der Waals surface area contributed by atoms with Crippen molar-refractivity contribution < 1.29 is 19.1 Å². The van der Waals surface area contributed by atoms with Crippen molar-refractivity contribution in [2.24, 2.45) is 5.10 Å². The van der Waals surface area contributed by atoms with Crippen LogP contribution in [-0.2, 0) is 4.79 Å². The highest BCUT2D eigenvalue weighted by molar-refractivity contribution is 9.11. The Balaban J connectivity index is 1.38. The molecule has 8 heteroatoms. The molecule has 6 nitrogen and oxygen atoms in total. The Bertz CT molecular complexity index is 1420. The Labute approximate surface area is 219 Å². The van der Waals surface area contributed by atoms with Crippen LogP contribution in [0.25, 0.3) is 10.8 Å². The molecule has 0 unspecified atom stereocenters. The molecular formula is C27H20Br2N2O4. The van der Waals surface area contributed by atoms with Gasteiger partial charge in [-0.05, 0) is 70.0 Å². The monoisotopic (exact) mass is 594 g/mol. The molecule has 4 aromatic rings. The molecule has 35 heavy (non-hydrogen) atoms. The molecule has 0 saturated heterocycles.